The summed E-state index contributed by atoms with van der Waals surface area (Å²) in [6.45, 7) is 5.78. The number of Topliss-reactive ketones (excluding diaryl/α,β-unsaturated/α-hetero) is 1. The third kappa shape index (κ3) is 5.77. The molecule has 0 saturated carbocycles. The van der Waals surface area contributed by atoms with Gasteiger partial charge in [0.25, 0.3) is 0 Å². The van der Waals surface area contributed by atoms with Crippen LogP contribution in [-0.4, -0.2) is 23.8 Å². The molecular weight excluding hydrogens is 417 g/mol. The SMILES string of the molecule is COc1cccc(-c2ccc(-c3nc(C(=O)CC(C)(C)C)c(C(=O)[O-])s3)s2)c1.[Na+]. The number of thiophene rings is 1. The van der Waals surface area contributed by atoms with Crippen LogP contribution >= 0.6 is 22.7 Å². The van der Waals surface area contributed by atoms with Crippen molar-refractivity contribution in [3.63, 3.8) is 0 Å². The van der Waals surface area contributed by atoms with Gasteiger partial charge in [-0.2, -0.15) is 0 Å². The molecule has 146 valence electrons. The zero-order valence-electron chi connectivity index (χ0n) is 17.1. The number of carbonyl (C=O) groups is 2. The van der Waals surface area contributed by atoms with Crippen LogP contribution in [-0.2, 0) is 0 Å². The summed E-state index contributed by atoms with van der Waals surface area (Å²) in [4.78, 5) is 30.2. The standard InChI is InChI=1S/C21H21NO4S2.Na/c1-21(2,3)11-14(23)17-18(20(24)25)28-19(22-17)16-9-8-15(27-16)12-6-5-7-13(10-12)26-4;/h5-10H,11H2,1-4H3,(H,24,25);/q;+1/p-1. The van der Waals surface area contributed by atoms with Crippen molar-refractivity contribution in [2.75, 3.05) is 7.11 Å². The van der Waals surface area contributed by atoms with Crippen molar-refractivity contribution < 1.29 is 49.0 Å². The molecule has 2 heterocycles. The van der Waals surface area contributed by atoms with E-state index < -0.39 is 5.97 Å². The number of hydrogen-bond acceptors (Lipinski definition) is 7. The molecule has 0 aliphatic heterocycles. The Morgan fingerprint density at radius 1 is 1.10 bits per heavy atom. The molecule has 3 rings (SSSR count). The van der Waals surface area contributed by atoms with Gasteiger partial charge in [0.1, 0.15) is 16.5 Å². The molecule has 0 saturated heterocycles. The van der Waals surface area contributed by atoms with Gasteiger partial charge in [0, 0.05) is 11.3 Å². The zero-order valence-corrected chi connectivity index (χ0v) is 20.7. The molecule has 0 aliphatic carbocycles. The van der Waals surface area contributed by atoms with Gasteiger partial charge >= 0.3 is 29.6 Å². The first kappa shape index (κ1) is 23.8. The summed E-state index contributed by atoms with van der Waals surface area (Å²) < 4.78 is 5.26. The van der Waals surface area contributed by atoms with Crippen LogP contribution in [0.2, 0.25) is 0 Å². The monoisotopic (exact) mass is 437 g/mol. The maximum absolute atomic E-state index is 12.6. The van der Waals surface area contributed by atoms with Crippen LogP contribution in [0.15, 0.2) is 36.4 Å². The van der Waals surface area contributed by atoms with E-state index in [1.54, 1.807) is 7.11 Å². The molecule has 0 fully saturated rings. The Morgan fingerprint density at radius 3 is 2.41 bits per heavy atom. The van der Waals surface area contributed by atoms with E-state index in [0.29, 0.717) is 5.01 Å². The number of thiazole rings is 1. The van der Waals surface area contributed by atoms with Gasteiger partial charge in [0.05, 0.1) is 22.8 Å². The Balaban J connectivity index is 0.00000300. The Bertz CT molecular complexity index is 1030. The van der Waals surface area contributed by atoms with Crippen molar-refractivity contribution >= 4 is 34.4 Å². The Morgan fingerprint density at radius 2 is 1.79 bits per heavy atom. The van der Waals surface area contributed by atoms with Crippen LogP contribution in [0.4, 0.5) is 0 Å². The van der Waals surface area contributed by atoms with Crippen LogP contribution in [0.5, 0.6) is 5.75 Å². The van der Waals surface area contributed by atoms with Crippen molar-refractivity contribution in [3.05, 3.63) is 47.0 Å². The number of ketones is 1. The van der Waals surface area contributed by atoms with Crippen LogP contribution in [0.1, 0.15) is 47.4 Å². The molecule has 0 aliphatic rings. The molecule has 0 radical (unpaired) electrons. The number of rotatable bonds is 6. The molecule has 1 aromatic carbocycles. The maximum atomic E-state index is 12.6. The maximum Gasteiger partial charge on any atom is 1.00 e. The fourth-order valence-electron chi connectivity index (χ4n) is 2.70. The van der Waals surface area contributed by atoms with Gasteiger partial charge in [0.2, 0.25) is 0 Å². The molecule has 3 aromatic rings. The first-order valence-electron chi connectivity index (χ1n) is 8.68. The molecule has 29 heavy (non-hydrogen) atoms. The summed E-state index contributed by atoms with van der Waals surface area (Å²) in [7, 11) is 1.62. The van der Waals surface area contributed by atoms with E-state index in [1.165, 1.54) is 11.3 Å². The topological polar surface area (TPSA) is 79.3 Å². The van der Waals surface area contributed by atoms with Crippen LogP contribution in [0, 0.1) is 5.41 Å². The molecule has 0 spiro atoms. The predicted molar refractivity (Wildman–Crippen MR) is 110 cm³/mol. The number of methoxy groups -OCH3 is 1. The van der Waals surface area contributed by atoms with Crippen LogP contribution in [0.25, 0.3) is 20.3 Å². The Labute approximate surface area is 200 Å². The van der Waals surface area contributed by atoms with E-state index in [-0.39, 0.29) is 57.7 Å². The molecule has 8 heteroatoms. The minimum Gasteiger partial charge on any atom is -0.544 e. The number of aromatic nitrogens is 1. The van der Waals surface area contributed by atoms with Crippen molar-refractivity contribution in [3.8, 4) is 26.1 Å². The number of aromatic carboxylic acids is 1. The van der Waals surface area contributed by atoms with E-state index in [9.17, 15) is 14.7 Å². The summed E-state index contributed by atoms with van der Waals surface area (Å²) in [5.41, 5.74) is 0.731. The zero-order chi connectivity index (χ0) is 20.5. The number of carbonyl (C=O) groups excluding carboxylic acids is 2. The first-order chi connectivity index (χ1) is 13.2. The van der Waals surface area contributed by atoms with E-state index in [0.717, 1.165) is 32.4 Å². The third-order valence-corrected chi connectivity index (χ3v) is 6.28. The second kappa shape index (κ2) is 9.53. The number of hydrogen-bond donors (Lipinski definition) is 0. The molecule has 2 aromatic heterocycles. The van der Waals surface area contributed by atoms with Crippen molar-refractivity contribution in [1.82, 2.24) is 4.98 Å². The van der Waals surface area contributed by atoms with Crippen molar-refractivity contribution in [2.45, 2.75) is 27.2 Å². The molecule has 0 N–H and O–H groups in total. The average Bonchev–Trinajstić information content (AvgIpc) is 3.27. The van der Waals surface area contributed by atoms with E-state index in [4.69, 9.17) is 4.74 Å². The Hall–Kier alpha value is -1.51. The van der Waals surface area contributed by atoms with Crippen molar-refractivity contribution in [1.29, 1.82) is 0 Å². The van der Waals surface area contributed by atoms with Crippen LogP contribution < -0.4 is 39.4 Å². The second-order valence-electron chi connectivity index (χ2n) is 7.54. The fraction of sp³-hybridized carbons (Fsp3) is 0.286. The molecule has 0 amide bonds. The van der Waals surface area contributed by atoms with Gasteiger partial charge in [-0.05, 0) is 35.2 Å². The number of carboxylic acids is 1. The summed E-state index contributed by atoms with van der Waals surface area (Å²) in [6.07, 6.45) is 0.218. The smallest absolute Gasteiger partial charge is 0.544 e. The number of ether oxygens (including phenoxy) is 1. The van der Waals surface area contributed by atoms with Crippen LogP contribution in [0.3, 0.4) is 0 Å². The number of benzene rings is 1. The second-order valence-corrected chi connectivity index (χ2v) is 9.62. The fourth-order valence-corrected chi connectivity index (χ4v) is 4.68. The number of carboxylic acid groups (broad SMARTS) is 1. The van der Waals surface area contributed by atoms with Crippen molar-refractivity contribution in [2.24, 2.45) is 5.41 Å². The summed E-state index contributed by atoms with van der Waals surface area (Å²) in [5, 5.41) is 12.0. The van der Waals surface area contributed by atoms with Gasteiger partial charge in [-0.25, -0.2) is 4.98 Å². The van der Waals surface area contributed by atoms with Gasteiger partial charge in [-0.3, -0.25) is 4.79 Å². The molecular formula is C21H20NNaO4S2. The molecule has 5 nitrogen and oxygen atoms in total. The summed E-state index contributed by atoms with van der Waals surface area (Å²) in [5.74, 6) is -0.889. The quantitative estimate of drug-likeness (QED) is 0.432. The van der Waals surface area contributed by atoms with E-state index in [1.807, 2.05) is 57.2 Å². The normalized spacial score (nSPS) is 11.0. The molecule has 0 bridgehead atoms. The summed E-state index contributed by atoms with van der Waals surface area (Å²) >= 11 is 2.47. The molecule has 0 unspecified atom stereocenters. The first-order valence-corrected chi connectivity index (χ1v) is 10.3. The van der Waals surface area contributed by atoms with Gasteiger partial charge in [0.15, 0.2) is 5.78 Å². The van der Waals surface area contributed by atoms with E-state index >= 15 is 0 Å². The predicted octanol–water partition coefficient (Wildman–Crippen LogP) is 1.53. The minimum absolute atomic E-state index is 0. The number of nitrogens with zero attached hydrogens (tertiary/aromatic N) is 1. The molecule has 0 atom stereocenters. The summed E-state index contributed by atoms with van der Waals surface area (Å²) in [6, 6.07) is 11.5. The minimum atomic E-state index is -1.37. The van der Waals surface area contributed by atoms with Gasteiger partial charge in [-0.15, -0.1) is 22.7 Å². The van der Waals surface area contributed by atoms with Gasteiger partial charge in [-0.1, -0.05) is 32.9 Å². The van der Waals surface area contributed by atoms with Gasteiger partial charge < -0.3 is 14.6 Å². The average molecular weight is 438 g/mol. The Kier molecular flexibility index (Phi) is 7.81. The largest absolute Gasteiger partial charge is 1.00 e. The third-order valence-electron chi connectivity index (χ3n) is 3.94. The van der Waals surface area contributed by atoms with E-state index in [2.05, 4.69) is 4.98 Å².